The molecule has 27 heavy (non-hydrogen) atoms. The molecule has 1 saturated heterocycles. The first-order chi connectivity index (χ1) is 13.3. The summed E-state index contributed by atoms with van der Waals surface area (Å²) in [6.07, 6.45) is 6.98. The monoisotopic (exact) mass is 359 g/mol. The number of aliphatic hydroxyl groups excluding tert-OH is 1. The second kappa shape index (κ2) is 5.93. The van der Waals surface area contributed by atoms with Gasteiger partial charge in [0.2, 0.25) is 0 Å². The molecule has 2 nitrogen and oxygen atoms in total. The molecule has 2 aromatic carbocycles. The lowest BCUT2D eigenvalue weighted by Gasteiger charge is -2.37. The summed E-state index contributed by atoms with van der Waals surface area (Å²) in [5.41, 5.74) is 7.59. The summed E-state index contributed by atoms with van der Waals surface area (Å²) >= 11 is 0. The Morgan fingerprint density at radius 1 is 1.00 bits per heavy atom. The molecule has 3 aliphatic carbocycles. The van der Waals surface area contributed by atoms with Gasteiger partial charge in [0, 0.05) is 36.9 Å². The van der Waals surface area contributed by atoms with Gasteiger partial charge in [-0.2, -0.15) is 0 Å². The molecule has 1 N–H and O–H groups in total. The number of nitrogens with zero attached hydrogens (tertiary/aromatic N) is 1. The summed E-state index contributed by atoms with van der Waals surface area (Å²) < 4.78 is 0. The van der Waals surface area contributed by atoms with Gasteiger partial charge < -0.3 is 10.0 Å². The van der Waals surface area contributed by atoms with Crippen molar-refractivity contribution >= 4 is 0 Å². The Balaban J connectivity index is 1.46. The van der Waals surface area contributed by atoms with Gasteiger partial charge in [-0.1, -0.05) is 55.3 Å². The van der Waals surface area contributed by atoms with Crippen molar-refractivity contribution in [2.45, 2.75) is 56.0 Å². The second-order valence-electron chi connectivity index (χ2n) is 9.52. The molecule has 4 aliphatic rings. The molecule has 2 bridgehead atoms. The number of likely N-dealkylation sites (tertiary alicyclic amines) is 1. The molecule has 2 heteroatoms. The number of hydrogen-bond donors (Lipinski definition) is 1. The van der Waals surface area contributed by atoms with E-state index in [1.165, 1.54) is 57.3 Å². The van der Waals surface area contributed by atoms with Gasteiger partial charge in [0.25, 0.3) is 0 Å². The Morgan fingerprint density at radius 2 is 1.81 bits per heavy atom. The Labute approximate surface area is 162 Å². The van der Waals surface area contributed by atoms with E-state index in [0.29, 0.717) is 11.8 Å². The molecule has 140 valence electrons. The van der Waals surface area contributed by atoms with Gasteiger partial charge in [-0.25, -0.2) is 0 Å². The zero-order chi connectivity index (χ0) is 18.0. The number of rotatable bonds is 3. The average Bonchev–Trinajstić information content (AvgIpc) is 3.41. The van der Waals surface area contributed by atoms with Crippen molar-refractivity contribution in [2.75, 3.05) is 19.6 Å². The van der Waals surface area contributed by atoms with Gasteiger partial charge in [-0.3, -0.25) is 0 Å². The van der Waals surface area contributed by atoms with Crippen LogP contribution in [0.5, 0.6) is 0 Å². The van der Waals surface area contributed by atoms with Gasteiger partial charge in [-0.05, 0) is 53.0 Å². The molecule has 3 atom stereocenters. The quantitative estimate of drug-likeness (QED) is 0.869. The summed E-state index contributed by atoms with van der Waals surface area (Å²) in [5.74, 6) is 2.07. The van der Waals surface area contributed by atoms with E-state index in [9.17, 15) is 5.11 Å². The summed E-state index contributed by atoms with van der Waals surface area (Å²) in [5, 5.41) is 9.75. The maximum Gasteiger partial charge on any atom is 0.0681 e. The maximum atomic E-state index is 9.75. The topological polar surface area (TPSA) is 23.5 Å². The first-order valence-electron chi connectivity index (χ1n) is 10.8. The highest BCUT2D eigenvalue weighted by molar-refractivity contribution is 5.59. The Hall–Kier alpha value is -1.64. The van der Waals surface area contributed by atoms with E-state index in [0.717, 1.165) is 11.5 Å². The highest BCUT2D eigenvalue weighted by Crippen LogP contribution is 2.63. The lowest BCUT2D eigenvalue weighted by atomic mass is 9.65. The predicted molar refractivity (Wildman–Crippen MR) is 108 cm³/mol. The van der Waals surface area contributed by atoms with Crippen LogP contribution in [0.1, 0.15) is 71.8 Å². The Kier molecular flexibility index (Phi) is 3.58. The summed E-state index contributed by atoms with van der Waals surface area (Å²) in [6, 6.07) is 16.0. The highest BCUT2D eigenvalue weighted by atomic mass is 16.3. The number of hydrogen-bond acceptors (Lipinski definition) is 2. The second-order valence-corrected chi connectivity index (χ2v) is 9.52. The predicted octanol–water partition coefficient (Wildman–Crippen LogP) is 4.56. The fourth-order valence-electron chi connectivity index (χ4n) is 7.02. The highest BCUT2D eigenvalue weighted by Gasteiger charge is 2.58. The molecule has 3 unspecified atom stereocenters. The number of aliphatic hydroxyl groups is 1. The zero-order valence-corrected chi connectivity index (χ0v) is 16.0. The molecule has 1 saturated carbocycles. The van der Waals surface area contributed by atoms with Crippen molar-refractivity contribution < 1.29 is 5.11 Å². The number of fused-ring (bicyclic) bond motifs is 3. The lowest BCUT2D eigenvalue weighted by Crippen LogP contribution is -2.35. The van der Waals surface area contributed by atoms with Crippen LogP contribution in [-0.4, -0.2) is 29.6 Å². The van der Waals surface area contributed by atoms with Crippen LogP contribution < -0.4 is 0 Å². The van der Waals surface area contributed by atoms with Crippen molar-refractivity contribution in [3.05, 3.63) is 70.3 Å². The van der Waals surface area contributed by atoms with E-state index in [-0.39, 0.29) is 12.0 Å². The minimum atomic E-state index is 0.150. The van der Waals surface area contributed by atoms with Crippen LogP contribution in [0.15, 0.2) is 42.5 Å². The molecule has 1 spiro atoms. The molecule has 1 heterocycles. The smallest absolute Gasteiger partial charge is 0.0681 e. The average molecular weight is 360 g/mol. The summed E-state index contributed by atoms with van der Waals surface area (Å²) in [7, 11) is 0. The minimum Gasteiger partial charge on any atom is -0.392 e. The Bertz CT molecular complexity index is 884. The Morgan fingerprint density at radius 3 is 2.63 bits per heavy atom. The minimum absolute atomic E-state index is 0.150. The molecular formula is C25H29NO. The lowest BCUT2D eigenvalue weighted by molar-refractivity contribution is 0.260. The molecule has 2 aromatic rings. The standard InChI is InChI=1S/C25H29NO/c27-15-18-9-10-21-22-12-25(23(21)11-18)16-26(13-17-5-1-2-6-17)14-24(25)20-8-4-3-7-19(20)22/h3-4,7-11,17,22,24,27H,1-2,5-6,12-16H2. The molecule has 0 radical (unpaired) electrons. The van der Waals surface area contributed by atoms with E-state index in [2.05, 4.69) is 47.4 Å². The summed E-state index contributed by atoms with van der Waals surface area (Å²) in [6.45, 7) is 3.86. The van der Waals surface area contributed by atoms with E-state index in [4.69, 9.17) is 0 Å². The third-order valence-electron chi connectivity index (χ3n) is 8.13. The first-order valence-corrected chi connectivity index (χ1v) is 10.8. The van der Waals surface area contributed by atoms with Crippen molar-refractivity contribution in [2.24, 2.45) is 5.92 Å². The largest absolute Gasteiger partial charge is 0.392 e. The third-order valence-corrected chi connectivity index (χ3v) is 8.13. The molecular weight excluding hydrogens is 330 g/mol. The molecule has 2 fully saturated rings. The first kappa shape index (κ1) is 16.3. The van der Waals surface area contributed by atoms with Crippen LogP contribution in [0.3, 0.4) is 0 Å². The van der Waals surface area contributed by atoms with Crippen LogP contribution in [0.4, 0.5) is 0 Å². The van der Waals surface area contributed by atoms with E-state index in [1.54, 1.807) is 16.7 Å². The fraction of sp³-hybridized carbons (Fsp3) is 0.520. The van der Waals surface area contributed by atoms with Crippen molar-refractivity contribution in [1.29, 1.82) is 0 Å². The SMILES string of the molecule is OCc1ccc2c(c1)C13CC2c2ccccc2C1CN(CC1CCCC1)C3. The van der Waals surface area contributed by atoms with Gasteiger partial charge in [0.05, 0.1) is 6.61 Å². The van der Waals surface area contributed by atoms with E-state index in [1.807, 2.05) is 0 Å². The van der Waals surface area contributed by atoms with Crippen LogP contribution in [0, 0.1) is 5.92 Å². The van der Waals surface area contributed by atoms with Gasteiger partial charge in [0.1, 0.15) is 0 Å². The third kappa shape index (κ3) is 2.26. The maximum absolute atomic E-state index is 9.75. The van der Waals surface area contributed by atoms with Crippen LogP contribution in [0.25, 0.3) is 0 Å². The molecule has 0 amide bonds. The van der Waals surface area contributed by atoms with Gasteiger partial charge >= 0.3 is 0 Å². The molecule has 6 rings (SSSR count). The normalized spacial score (nSPS) is 31.7. The van der Waals surface area contributed by atoms with Crippen LogP contribution in [-0.2, 0) is 12.0 Å². The summed E-state index contributed by atoms with van der Waals surface area (Å²) in [4.78, 5) is 2.79. The fourth-order valence-corrected chi connectivity index (χ4v) is 7.02. The van der Waals surface area contributed by atoms with Crippen molar-refractivity contribution in [3.8, 4) is 0 Å². The van der Waals surface area contributed by atoms with Crippen molar-refractivity contribution in [1.82, 2.24) is 4.90 Å². The molecule has 1 aliphatic heterocycles. The molecule has 0 aromatic heterocycles. The van der Waals surface area contributed by atoms with Gasteiger partial charge in [-0.15, -0.1) is 0 Å². The van der Waals surface area contributed by atoms with Crippen molar-refractivity contribution in [3.63, 3.8) is 0 Å². The van der Waals surface area contributed by atoms with Crippen LogP contribution in [0.2, 0.25) is 0 Å². The van der Waals surface area contributed by atoms with E-state index < -0.39 is 0 Å². The van der Waals surface area contributed by atoms with Gasteiger partial charge in [0.15, 0.2) is 0 Å². The van der Waals surface area contributed by atoms with E-state index >= 15 is 0 Å². The number of benzene rings is 2. The zero-order valence-electron chi connectivity index (χ0n) is 16.0. The van der Waals surface area contributed by atoms with Crippen LogP contribution >= 0.6 is 0 Å².